The van der Waals surface area contributed by atoms with Crippen molar-refractivity contribution >= 4 is 0 Å². The highest BCUT2D eigenvalue weighted by Gasteiger charge is 2.51. The molecule has 3 heteroatoms. The van der Waals surface area contributed by atoms with Crippen LogP contribution in [0, 0.1) is 0 Å². The summed E-state index contributed by atoms with van der Waals surface area (Å²) in [4.78, 5) is 2.44. The summed E-state index contributed by atoms with van der Waals surface area (Å²) in [5.41, 5.74) is 4.25. The van der Waals surface area contributed by atoms with Gasteiger partial charge in [-0.25, -0.2) is 0 Å². The van der Waals surface area contributed by atoms with Gasteiger partial charge in [-0.2, -0.15) is 0 Å². The molecular formula is C29H28N2O. The lowest BCUT2D eigenvalue weighted by atomic mass is 9.75. The van der Waals surface area contributed by atoms with Crippen LogP contribution in [0.1, 0.15) is 23.1 Å². The molecule has 0 bridgehead atoms. The van der Waals surface area contributed by atoms with Crippen LogP contribution in [0.5, 0.6) is 0 Å². The molecule has 1 saturated heterocycles. The van der Waals surface area contributed by atoms with Crippen molar-refractivity contribution in [3.8, 4) is 0 Å². The van der Waals surface area contributed by atoms with E-state index in [1.807, 2.05) is 6.08 Å². The van der Waals surface area contributed by atoms with Gasteiger partial charge in [0.25, 0.3) is 0 Å². The predicted octanol–water partition coefficient (Wildman–Crippen LogP) is 5.58. The lowest BCUT2D eigenvalue weighted by Gasteiger charge is -2.47. The first-order chi connectivity index (χ1) is 15.9. The normalized spacial score (nSPS) is 20.0. The van der Waals surface area contributed by atoms with Crippen molar-refractivity contribution in [1.82, 2.24) is 10.2 Å². The van der Waals surface area contributed by atoms with Gasteiger partial charge in [-0.05, 0) is 29.2 Å². The van der Waals surface area contributed by atoms with E-state index in [0.717, 1.165) is 6.42 Å². The van der Waals surface area contributed by atoms with Crippen LogP contribution in [-0.4, -0.2) is 23.9 Å². The molecule has 2 unspecified atom stereocenters. The zero-order valence-corrected chi connectivity index (χ0v) is 18.1. The number of fused-ring (bicyclic) bond motifs is 1. The zero-order chi connectivity index (χ0) is 21.8. The highest BCUT2D eigenvalue weighted by molar-refractivity contribution is 5.52. The molecule has 2 aliphatic rings. The Morgan fingerprint density at radius 2 is 1.41 bits per heavy atom. The van der Waals surface area contributed by atoms with Crippen molar-refractivity contribution in [2.45, 2.75) is 24.4 Å². The van der Waals surface area contributed by atoms with Gasteiger partial charge >= 0.3 is 0 Å². The highest BCUT2D eigenvalue weighted by Crippen LogP contribution is 2.48. The van der Waals surface area contributed by atoms with E-state index in [-0.39, 0.29) is 12.4 Å². The quantitative estimate of drug-likeness (QED) is 0.399. The van der Waals surface area contributed by atoms with Gasteiger partial charge in [-0.3, -0.25) is 5.32 Å². The van der Waals surface area contributed by atoms with E-state index in [9.17, 15) is 0 Å². The van der Waals surface area contributed by atoms with Gasteiger partial charge < -0.3 is 9.64 Å². The summed E-state index contributed by atoms with van der Waals surface area (Å²) in [6, 6.07) is 32.4. The molecule has 160 valence electrons. The minimum Gasteiger partial charge on any atom is -0.341 e. The fraction of sp³-hybridized carbons (Fsp3) is 0.172. The van der Waals surface area contributed by atoms with Crippen LogP contribution in [0.4, 0.5) is 0 Å². The Bertz CT molecular complexity index is 1010. The van der Waals surface area contributed by atoms with Crippen molar-refractivity contribution in [2.75, 3.05) is 6.61 Å². The van der Waals surface area contributed by atoms with Crippen LogP contribution in [0.2, 0.25) is 0 Å². The van der Waals surface area contributed by atoms with Crippen molar-refractivity contribution < 1.29 is 4.74 Å². The lowest BCUT2D eigenvalue weighted by Crippen LogP contribution is -2.52. The van der Waals surface area contributed by atoms with Crippen LogP contribution < -0.4 is 5.32 Å². The van der Waals surface area contributed by atoms with Gasteiger partial charge in [-0.1, -0.05) is 109 Å². The first kappa shape index (κ1) is 20.5. The number of hydrogen-bond donors (Lipinski definition) is 1. The van der Waals surface area contributed by atoms with Crippen LogP contribution in [-0.2, 0) is 10.3 Å². The minimum atomic E-state index is -0.575. The largest absolute Gasteiger partial charge is 0.341 e. The molecule has 1 N–H and O–H groups in total. The number of benzene rings is 3. The number of rotatable bonds is 7. The third kappa shape index (κ3) is 3.40. The molecule has 2 atom stereocenters. The topological polar surface area (TPSA) is 24.5 Å². The Hall–Kier alpha value is -3.40. The summed E-state index contributed by atoms with van der Waals surface area (Å²) in [5, 5.41) is 3.73. The molecule has 1 fully saturated rings. The first-order valence-electron chi connectivity index (χ1n) is 11.2. The molecule has 3 aromatic rings. The van der Waals surface area contributed by atoms with E-state index >= 15 is 0 Å². The number of ether oxygens (including phenoxy) is 1. The van der Waals surface area contributed by atoms with Gasteiger partial charge in [0.1, 0.15) is 5.54 Å². The number of allylic oxidation sites excluding steroid dienone is 2. The summed E-state index contributed by atoms with van der Waals surface area (Å²) in [6.45, 7) is 4.34. The van der Waals surface area contributed by atoms with Gasteiger partial charge in [0, 0.05) is 5.70 Å². The van der Waals surface area contributed by atoms with Gasteiger partial charge in [0.2, 0.25) is 0 Å². The molecule has 0 amide bonds. The molecule has 1 heterocycles. The predicted molar refractivity (Wildman–Crippen MR) is 130 cm³/mol. The first-order valence-corrected chi connectivity index (χ1v) is 11.2. The van der Waals surface area contributed by atoms with E-state index in [4.69, 9.17) is 4.74 Å². The maximum Gasteiger partial charge on any atom is 0.188 e. The standard InChI is InChI=1S/C29H28N2O/c1-2-22-32-28-30-26-20-12-13-21-27(26)31(28)29(23-14-6-3-7-15-23,24-16-8-4-9-17-24)25-18-10-5-11-19-25/h2-19,21,26,28,30H,1,20,22H2. The monoisotopic (exact) mass is 420 g/mol. The summed E-state index contributed by atoms with van der Waals surface area (Å²) in [7, 11) is 0. The summed E-state index contributed by atoms with van der Waals surface area (Å²) in [5.74, 6) is 0. The second kappa shape index (κ2) is 8.99. The van der Waals surface area contributed by atoms with Crippen LogP contribution in [0.3, 0.4) is 0 Å². The third-order valence-electron chi connectivity index (χ3n) is 6.30. The van der Waals surface area contributed by atoms with E-state index in [2.05, 4.69) is 126 Å². The van der Waals surface area contributed by atoms with E-state index in [1.165, 1.54) is 22.4 Å². The molecular weight excluding hydrogens is 392 g/mol. The Morgan fingerprint density at radius 1 is 0.875 bits per heavy atom. The van der Waals surface area contributed by atoms with Crippen molar-refractivity contribution in [1.29, 1.82) is 0 Å². The number of nitrogens with one attached hydrogen (secondary N) is 1. The van der Waals surface area contributed by atoms with E-state index < -0.39 is 5.54 Å². The summed E-state index contributed by atoms with van der Waals surface area (Å²) in [6.07, 6.45) is 9.04. The average molecular weight is 421 g/mol. The Balaban J connectivity index is 1.83. The number of nitrogens with zero attached hydrogens (tertiary/aromatic N) is 1. The molecule has 0 spiro atoms. The molecule has 0 saturated carbocycles. The van der Waals surface area contributed by atoms with Gasteiger partial charge in [0.05, 0.1) is 12.6 Å². The van der Waals surface area contributed by atoms with Crippen molar-refractivity contribution in [3.63, 3.8) is 0 Å². The second-order valence-corrected chi connectivity index (χ2v) is 8.13. The molecule has 3 nitrogen and oxygen atoms in total. The molecule has 0 radical (unpaired) electrons. The zero-order valence-electron chi connectivity index (χ0n) is 18.1. The van der Waals surface area contributed by atoms with Crippen LogP contribution in [0.15, 0.2) is 128 Å². The fourth-order valence-corrected chi connectivity index (χ4v) is 5.01. The fourth-order valence-electron chi connectivity index (χ4n) is 5.01. The van der Waals surface area contributed by atoms with Crippen LogP contribution >= 0.6 is 0 Å². The SMILES string of the molecule is C=CCOC1NC2CC=CC=C2N1C(c1ccccc1)(c1ccccc1)c1ccccc1. The lowest BCUT2D eigenvalue weighted by molar-refractivity contribution is -0.0581. The van der Waals surface area contributed by atoms with E-state index in [1.54, 1.807) is 0 Å². The van der Waals surface area contributed by atoms with Gasteiger partial charge in [0.15, 0.2) is 6.35 Å². The molecule has 3 aromatic carbocycles. The number of hydrogen-bond acceptors (Lipinski definition) is 3. The van der Waals surface area contributed by atoms with Gasteiger partial charge in [-0.15, -0.1) is 6.58 Å². The van der Waals surface area contributed by atoms with Crippen molar-refractivity contribution in [2.24, 2.45) is 0 Å². The molecule has 5 rings (SSSR count). The smallest absolute Gasteiger partial charge is 0.188 e. The van der Waals surface area contributed by atoms with Crippen molar-refractivity contribution in [3.05, 3.63) is 144 Å². The second-order valence-electron chi connectivity index (χ2n) is 8.13. The Morgan fingerprint density at radius 3 is 1.91 bits per heavy atom. The molecule has 1 aliphatic heterocycles. The molecule has 32 heavy (non-hydrogen) atoms. The maximum atomic E-state index is 6.36. The summed E-state index contributed by atoms with van der Waals surface area (Å²) >= 11 is 0. The Labute approximate surface area is 190 Å². The van der Waals surface area contributed by atoms with E-state index in [0.29, 0.717) is 6.61 Å². The third-order valence-corrected chi connectivity index (χ3v) is 6.30. The molecule has 1 aliphatic carbocycles. The average Bonchev–Trinajstić information content (AvgIpc) is 3.24. The van der Waals surface area contributed by atoms with Crippen LogP contribution in [0.25, 0.3) is 0 Å². The Kier molecular flexibility index (Phi) is 5.76. The summed E-state index contributed by atoms with van der Waals surface area (Å²) < 4.78 is 6.36. The highest BCUT2D eigenvalue weighted by atomic mass is 16.5. The minimum absolute atomic E-state index is 0.199. The molecule has 0 aromatic heterocycles. The maximum absolute atomic E-state index is 6.36.